The zero-order valence-corrected chi connectivity index (χ0v) is 18.9. The highest BCUT2D eigenvalue weighted by atomic mass is 35.5. The van der Waals surface area contributed by atoms with Gasteiger partial charge in [0.2, 0.25) is 5.91 Å². The number of anilines is 1. The zero-order chi connectivity index (χ0) is 17.9. The predicted octanol–water partition coefficient (Wildman–Crippen LogP) is 3.35. The van der Waals surface area contributed by atoms with Gasteiger partial charge in [0.1, 0.15) is 0 Å². The third kappa shape index (κ3) is 6.10. The highest BCUT2D eigenvalue weighted by Gasteiger charge is 2.35. The first-order valence-electron chi connectivity index (χ1n) is 9.23. The number of nitrogens with one attached hydrogen (secondary N) is 1. The van der Waals surface area contributed by atoms with Crippen molar-refractivity contribution in [1.82, 2.24) is 9.80 Å². The minimum absolute atomic E-state index is 0. The van der Waals surface area contributed by atoms with Crippen molar-refractivity contribution >= 4 is 48.2 Å². The third-order valence-corrected chi connectivity index (χ3v) is 6.74. The molecule has 1 fully saturated rings. The molecule has 2 aromatic rings. The molecule has 0 aliphatic carbocycles. The summed E-state index contributed by atoms with van der Waals surface area (Å²) in [5.41, 5.74) is 2.16. The van der Waals surface area contributed by atoms with Crippen molar-refractivity contribution < 1.29 is 10.3 Å². The number of piperazine rings is 1. The fourth-order valence-electron chi connectivity index (χ4n) is 3.68. The van der Waals surface area contributed by atoms with E-state index in [1.807, 2.05) is 36.0 Å². The number of hydrogen-bond acceptors (Lipinski definition) is 4. The first-order valence-corrected chi connectivity index (χ1v) is 10.1. The van der Waals surface area contributed by atoms with Gasteiger partial charge in [0.05, 0.1) is 11.6 Å². The van der Waals surface area contributed by atoms with E-state index in [1.54, 1.807) is 0 Å². The zero-order valence-electron chi connectivity index (χ0n) is 16.4. The van der Waals surface area contributed by atoms with Crippen molar-refractivity contribution in [2.45, 2.75) is 10.1 Å². The number of fused-ring (bicyclic) bond motifs is 1. The van der Waals surface area contributed by atoms with Crippen LogP contribution in [0.3, 0.4) is 0 Å². The van der Waals surface area contributed by atoms with Crippen molar-refractivity contribution in [3.8, 4) is 0 Å². The molecule has 4 rings (SSSR count). The second kappa shape index (κ2) is 11.8. The Hall–Kier alpha value is -1.28. The van der Waals surface area contributed by atoms with E-state index in [2.05, 4.69) is 52.5 Å². The predicted molar refractivity (Wildman–Crippen MR) is 126 cm³/mol. The van der Waals surface area contributed by atoms with Gasteiger partial charge in [-0.2, -0.15) is 0 Å². The normalized spacial score (nSPS) is 22.0. The lowest BCUT2D eigenvalue weighted by molar-refractivity contribution is -0.120. The van der Waals surface area contributed by atoms with Crippen LogP contribution in [0.25, 0.3) is 0 Å². The number of likely N-dealkylation sites (N-methyl/N-ethyl adjacent to an activating group) is 1. The molecule has 29 heavy (non-hydrogen) atoms. The van der Waals surface area contributed by atoms with Crippen LogP contribution in [-0.2, 0) is 4.79 Å². The minimum atomic E-state index is -0.0711. The molecule has 2 atom stereocenters. The number of amides is 1. The van der Waals surface area contributed by atoms with E-state index in [9.17, 15) is 4.79 Å². The lowest BCUT2D eigenvalue weighted by atomic mass is 9.96. The smallest absolute Gasteiger partial charge is 0.230 e. The molecule has 0 spiro atoms. The van der Waals surface area contributed by atoms with Gasteiger partial charge >= 0.3 is 0 Å². The Morgan fingerprint density at radius 1 is 0.966 bits per heavy atom. The summed E-state index contributed by atoms with van der Waals surface area (Å²) in [5, 5.41) is 3.30. The second-order valence-corrected chi connectivity index (χ2v) is 8.33. The molecule has 0 aromatic heterocycles. The van der Waals surface area contributed by atoms with Crippen LogP contribution in [0.1, 0.15) is 10.8 Å². The topological polar surface area (TPSA) is 67.1 Å². The number of carbonyl (C=O) groups excluding carboxylic acids is 1. The first-order chi connectivity index (χ1) is 12.7. The maximum atomic E-state index is 13.1. The van der Waals surface area contributed by atoms with Gasteiger partial charge in [-0.1, -0.05) is 42.5 Å². The summed E-state index contributed by atoms with van der Waals surface area (Å²) in [6.45, 7) is 4.99. The molecule has 2 aromatic carbocycles. The number of para-hydroxylation sites is 1. The summed E-state index contributed by atoms with van der Waals surface area (Å²) in [6, 6.07) is 18.6. The molecule has 0 saturated carbocycles. The largest absolute Gasteiger partial charge is 0.412 e. The van der Waals surface area contributed by atoms with E-state index in [0.717, 1.165) is 43.3 Å². The summed E-state index contributed by atoms with van der Waals surface area (Å²) in [7, 11) is 2.16. The molecule has 8 heteroatoms. The molecule has 160 valence electrons. The number of carbonyl (C=O) groups is 1. The average Bonchev–Trinajstić information content (AvgIpc) is 2.81. The molecule has 0 radical (unpaired) electrons. The van der Waals surface area contributed by atoms with Crippen LogP contribution in [0.15, 0.2) is 59.5 Å². The van der Waals surface area contributed by atoms with Gasteiger partial charge in [0, 0.05) is 42.9 Å². The maximum Gasteiger partial charge on any atom is 0.230 e. The second-order valence-electron chi connectivity index (χ2n) is 7.14. The maximum absolute atomic E-state index is 13.1. The van der Waals surface area contributed by atoms with Crippen molar-refractivity contribution in [3.63, 3.8) is 0 Å². The number of nitrogens with zero attached hydrogens (tertiary/aromatic N) is 2. The van der Waals surface area contributed by atoms with E-state index in [0.29, 0.717) is 0 Å². The van der Waals surface area contributed by atoms with Crippen molar-refractivity contribution in [2.75, 3.05) is 45.1 Å². The summed E-state index contributed by atoms with van der Waals surface area (Å²) in [4.78, 5) is 19.1. The van der Waals surface area contributed by atoms with Crippen molar-refractivity contribution in [2.24, 2.45) is 5.92 Å². The SMILES string of the molecule is CN1CCN(C[C@@H]2C(=O)Nc3ccccc3S[C@@H]2c2ccccc2)CC1.Cl.Cl.O. The van der Waals surface area contributed by atoms with E-state index >= 15 is 0 Å². The standard InChI is InChI=1S/C21H25N3OS.2ClH.H2O/c1-23-11-13-24(14-12-23)15-17-20(16-7-3-2-4-8-16)26-19-10-6-5-9-18(19)22-21(17)25;;;/h2-10,17,20H,11-15H2,1H3,(H,22,25);2*1H;1H2/t17-,20+;;;/m0.../s1. The Morgan fingerprint density at radius 2 is 1.59 bits per heavy atom. The molecule has 3 N–H and O–H groups in total. The Bertz CT molecular complexity index is 774. The van der Waals surface area contributed by atoms with Crippen LogP contribution in [0.2, 0.25) is 0 Å². The number of halogens is 2. The molecule has 5 nitrogen and oxygen atoms in total. The lowest BCUT2D eigenvalue weighted by Gasteiger charge is -2.35. The average molecular weight is 458 g/mol. The van der Waals surface area contributed by atoms with Gasteiger partial charge in [-0.25, -0.2) is 0 Å². The van der Waals surface area contributed by atoms with Crippen LogP contribution >= 0.6 is 36.6 Å². The van der Waals surface area contributed by atoms with Gasteiger partial charge in [0.25, 0.3) is 0 Å². The fourth-order valence-corrected chi connectivity index (χ4v) is 5.03. The van der Waals surface area contributed by atoms with Crippen LogP contribution < -0.4 is 5.32 Å². The molecule has 1 saturated heterocycles. The van der Waals surface area contributed by atoms with Crippen LogP contribution in [0, 0.1) is 5.92 Å². The molecular weight excluding hydrogens is 429 g/mol. The summed E-state index contributed by atoms with van der Waals surface area (Å²) in [6.07, 6.45) is 0. The van der Waals surface area contributed by atoms with E-state index in [4.69, 9.17) is 0 Å². The summed E-state index contributed by atoms with van der Waals surface area (Å²) < 4.78 is 0. The Kier molecular flexibility index (Phi) is 10.5. The third-order valence-electron chi connectivity index (χ3n) is 5.28. The van der Waals surface area contributed by atoms with Gasteiger partial charge in [-0.05, 0) is 24.7 Å². The van der Waals surface area contributed by atoms with Crippen LogP contribution in [0.5, 0.6) is 0 Å². The molecule has 0 bridgehead atoms. The Labute approximate surface area is 189 Å². The molecule has 2 aliphatic heterocycles. The first kappa shape index (κ1) is 25.8. The van der Waals surface area contributed by atoms with E-state index in [1.165, 1.54) is 5.56 Å². The van der Waals surface area contributed by atoms with E-state index < -0.39 is 0 Å². The molecule has 1 amide bonds. The monoisotopic (exact) mass is 457 g/mol. The van der Waals surface area contributed by atoms with E-state index in [-0.39, 0.29) is 47.4 Å². The van der Waals surface area contributed by atoms with Gasteiger partial charge < -0.3 is 15.7 Å². The molecule has 2 aliphatic rings. The van der Waals surface area contributed by atoms with Crippen LogP contribution in [0.4, 0.5) is 5.69 Å². The van der Waals surface area contributed by atoms with Crippen LogP contribution in [-0.4, -0.2) is 61.0 Å². The van der Waals surface area contributed by atoms with Crippen molar-refractivity contribution in [1.29, 1.82) is 0 Å². The van der Waals surface area contributed by atoms with Gasteiger partial charge in [-0.15, -0.1) is 36.6 Å². The number of benzene rings is 2. The summed E-state index contributed by atoms with van der Waals surface area (Å²) in [5.74, 6) is 0.0634. The lowest BCUT2D eigenvalue weighted by Crippen LogP contribution is -2.48. The highest BCUT2D eigenvalue weighted by Crippen LogP contribution is 2.46. The number of hydrogen-bond donors (Lipinski definition) is 1. The highest BCUT2D eigenvalue weighted by molar-refractivity contribution is 7.99. The number of rotatable bonds is 3. The van der Waals surface area contributed by atoms with Gasteiger partial charge in [-0.3, -0.25) is 9.69 Å². The quantitative estimate of drug-likeness (QED) is 0.766. The number of thioether (sulfide) groups is 1. The van der Waals surface area contributed by atoms with Gasteiger partial charge in [0.15, 0.2) is 0 Å². The Morgan fingerprint density at radius 3 is 2.28 bits per heavy atom. The van der Waals surface area contributed by atoms with Crippen molar-refractivity contribution in [3.05, 3.63) is 60.2 Å². The summed E-state index contributed by atoms with van der Waals surface area (Å²) >= 11 is 1.81. The fraction of sp³-hybridized carbons (Fsp3) is 0.381. The molecular formula is C21H29Cl2N3O2S. The molecule has 2 heterocycles. The minimum Gasteiger partial charge on any atom is -0.412 e. The Balaban J connectivity index is 0.00000140. The molecule has 0 unspecified atom stereocenters.